The molecule has 0 saturated carbocycles. The van der Waals surface area contributed by atoms with Crippen LogP contribution in [0, 0.1) is 0 Å². The molecule has 2 heterocycles. The molecule has 0 fully saturated rings. The van der Waals surface area contributed by atoms with Gasteiger partial charge in [0, 0.05) is 5.56 Å². The molecule has 0 saturated heterocycles. The zero-order valence-electron chi connectivity index (χ0n) is 19.8. The van der Waals surface area contributed by atoms with Crippen LogP contribution in [0.3, 0.4) is 0 Å². The number of fused-ring (bicyclic) bond motifs is 1. The summed E-state index contributed by atoms with van der Waals surface area (Å²) in [7, 11) is 0. The van der Waals surface area contributed by atoms with Gasteiger partial charge in [-0.25, -0.2) is 0 Å². The van der Waals surface area contributed by atoms with Crippen molar-refractivity contribution in [2.24, 2.45) is 0 Å². The molecule has 0 aliphatic rings. The number of thiazole rings is 1. The fraction of sp³-hybridized carbons (Fsp3) is 0.370. The minimum atomic E-state index is -0.138. The second-order valence-electron chi connectivity index (χ2n) is 9.35. The molecule has 4 rings (SSSR count). The van der Waals surface area contributed by atoms with Gasteiger partial charge < -0.3 is 4.74 Å². The highest BCUT2D eigenvalue weighted by Crippen LogP contribution is 2.23. The van der Waals surface area contributed by atoms with Gasteiger partial charge in [0.05, 0.1) is 11.1 Å². The Kier molecular flexibility index (Phi) is 6.94. The van der Waals surface area contributed by atoms with Gasteiger partial charge in [-0.1, -0.05) is 82.6 Å². The minimum absolute atomic E-state index is 0.102. The van der Waals surface area contributed by atoms with Gasteiger partial charge in [0.15, 0.2) is 5.82 Å². The summed E-state index contributed by atoms with van der Waals surface area (Å²) >= 11 is 1.36. The van der Waals surface area contributed by atoms with Crippen LogP contribution in [-0.2, 0) is 5.41 Å². The molecular weight excluding hydrogens is 430 g/mol. The zero-order chi connectivity index (χ0) is 23.4. The zero-order valence-corrected chi connectivity index (χ0v) is 20.6. The first kappa shape index (κ1) is 23.2. The molecule has 0 aliphatic carbocycles. The number of benzene rings is 2. The Labute approximate surface area is 198 Å². The third-order valence-corrected chi connectivity index (χ3v) is 6.59. The molecule has 0 bridgehead atoms. The molecule has 33 heavy (non-hydrogen) atoms. The van der Waals surface area contributed by atoms with Crippen molar-refractivity contribution in [3.8, 4) is 17.1 Å². The molecule has 172 valence electrons. The monoisotopic (exact) mass is 461 g/mol. The molecule has 0 spiro atoms. The van der Waals surface area contributed by atoms with Crippen molar-refractivity contribution in [1.29, 1.82) is 0 Å². The fourth-order valence-corrected chi connectivity index (χ4v) is 4.51. The normalized spacial score (nSPS) is 12.5. The second-order valence-corrected chi connectivity index (χ2v) is 10.4. The highest BCUT2D eigenvalue weighted by atomic mass is 32.1. The summed E-state index contributed by atoms with van der Waals surface area (Å²) in [5, 5.41) is 4.46. The molecule has 2 aromatic carbocycles. The largest absolute Gasteiger partial charge is 0.494 e. The van der Waals surface area contributed by atoms with Crippen LogP contribution in [0.4, 0.5) is 0 Å². The van der Waals surface area contributed by atoms with Gasteiger partial charge in [-0.15, -0.1) is 5.10 Å². The lowest BCUT2D eigenvalue weighted by Gasteiger charge is -2.18. The number of hydrogen-bond donors (Lipinski definition) is 0. The molecule has 0 unspecified atom stereocenters. The summed E-state index contributed by atoms with van der Waals surface area (Å²) in [6, 6.07) is 16.1. The number of aromatic nitrogens is 3. The first-order valence-corrected chi connectivity index (χ1v) is 12.4. The predicted octanol–water partition coefficient (Wildman–Crippen LogP) is 5.62. The lowest BCUT2D eigenvalue weighted by Crippen LogP contribution is -2.23. The van der Waals surface area contributed by atoms with Crippen molar-refractivity contribution >= 4 is 22.4 Å². The van der Waals surface area contributed by atoms with E-state index in [1.807, 2.05) is 30.3 Å². The Balaban J connectivity index is 1.50. The molecule has 6 heteroatoms. The van der Waals surface area contributed by atoms with Crippen LogP contribution in [0.2, 0.25) is 0 Å². The van der Waals surface area contributed by atoms with E-state index in [1.165, 1.54) is 40.7 Å². The molecule has 0 amide bonds. The van der Waals surface area contributed by atoms with E-state index >= 15 is 0 Å². The van der Waals surface area contributed by atoms with Crippen LogP contribution >= 0.6 is 11.3 Å². The standard InChI is InChI=1S/C27H31N3O2S/c1-5-6-7-8-17-32-22-15-11-20(12-16-22)24-28-26-30(29-24)25(31)23(33-26)18-19-9-13-21(14-10-19)27(2,3)4/h9-16,18H,5-8,17H2,1-4H3/b23-18-. The maximum Gasteiger partial charge on any atom is 0.291 e. The average molecular weight is 462 g/mol. The summed E-state index contributed by atoms with van der Waals surface area (Å²) in [6.07, 6.45) is 6.64. The first-order valence-electron chi connectivity index (χ1n) is 11.6. The van der Waals surface area contributed by atoms with Gasteiger partial charge in [-0.3, -0.25) is 4.79 Å². The fourth-order valence-electron chi connectivity index (χ4n) is 3.61. The molecule has 0 N–H and O–H groups in total. The number of hydrogen-bond acceptors (Lipinski definition) is 5. The van der Waals surface area contributed by atoms with Gasteiger partial charge in [0.25, 0.3) is 5.56 Å². The van der Waals surface area contributed by atoms with E-state index in [9.17, 15) is 4.79 Å². The Morgan fingerprint density at radius 3 is 2.36 bits per heavy atom. The number of rotatable bonds is 8. The van der Waals surface area contributed by atoms with Crippen LogP contribution in [0.5, 0.6) is 5.75 Å². The molecule has 5 nitrogen and oxygen atoms in total. The summed E-state index contributed by atoms with van der Waals surface area (Å²) in [6.45, 7) is 9.50. The van der Waals surface area contributed by atoms with Crippen molar-refractivity contribution in [3.63, 3.8) is 0 Å². The predicted molar refractivity (Wildman–Crippen MR) is 136 cm³/mol. The van der Waals surface area contributed by atoms with Gasteiger partial charge in [-0.05, 0) is 53.3 Å². The van der Waals surface area contributed by atoms with E-state index in [0.717, 1.165) is 29.9 Å². The molecule has 0 aliphatic heterocycles. The van der Waals surface area contributed by atoms with Crippen LogP contribution in [-0.4, -0.2) is 21.2 Å². The molecule has 0 atom stereocenters. The average Bonchev–Trinajstić information content (AvgIpc) is 3.33. The highest BCUT2D eigenvalue weighted by molar-refractivity contribution is 7.15. The van der Waals surface area contributed by atoms with E-state index in [0.29, 0.717) is 15.3 Å². The molecule has 4 aromatic rings. The van der Waals surface area contributed by atoms with Crippen LogP contribution < -0.4 is 14.8 Å². The topological polar surface area (TPSA) is 56.5 Å². The maximum atomic E-state index is 12.9. The van der Waals surface area contributed by atoms with Gasteiger partial charge in [0.2, 0.25) is 4.96 Å². The highest BCUT2D eigenvalue weighted by Gasteiger charge is 2.14. The van der Waals surface area contributed by atoms with E-state index in [4.69, 9.17) is 4.74 Å². The van der Waals surface area contributed by atoms with Crippen LogP contribution in [0.15, 0.2) is 53.3 Å². The first-order chi connectivity index (χ1) is 15.8. The lowest BCUT2D eigenvalue weighted by atomic mass is 9.87. The Bertz CT molecular complexity index is 1310. The van der Waals surface area contributed by atoms with Crippen molar-refractivity contribution in [2.75, 3.05) is 6.61 Å². The van der Waals surface area contributed by atoms with E-state index in [2.05, 4.69) is 62.0 Å². The van der Waals surface area contributed by atoms with Crippen molar-refractivity contribution in [3.05, 3.63) is 74.5 Å². The molecule has 0 radical (unpaired) electrons. The van der Waals surface area contributed by atoms with Crippen molar-refractivity contribution in [2.45, 2.75) is 58.8 Å². The summed E-state index contributed by atoms with van der Waals surface area (Å²) in [5.74, 6) is 1.39. The number of ether oxygens (including phenoxy) is 1. The molecular formula is C27H31N3O2S. The second kappa shape index (κ2) is 9.87. The van der Waals surface area contributed by atoms with E-state index < -0.39 is 0 Å². The van der Waals surface area contributed by atoms with Gasteiger partial charge in [0.1, 0.15) is 5.75 Å². The van der Waals surface area contributed by atoms with Crippen LogP contribution in [0.25, 0.3) is 22.4 Å². The number of nitrogens with zero attached hydrogens (tertiary/aromatic N) is 3. The smallest absolute Gasteiger partial charge is 0.291 e. The van der Waals surface area contributed by atoms with Gasteiger partial charge in [-0.2, -0.15) is 9.50 Å². The minimum Gasteiger partial charge on any atom is -0.494 e. The Hall–Kier alpha value is -2.99. The van der Waals surface area contributed by atoms with E-state index in [-0.39, 0.29) is 11.0 Å². The van der Waals surface area contributed by atoms with Crippen molar-refractivity contribution < 1.29 is 4.74 Å². The lowest BCUT2D eigenvalue weighted by molar-refractivity contribution is 0.305. The van der Waals surface area contributed by atoms with Crippen molar-refractivity contribution in [1.82, 2.24) is 14.6 Å². The van der Waals surface area contributed by atoms with E-state index in [1.54, 1.807) is 0 Å². The SMILES string of the molecule is CCCCCCOc1ccc(-c2nc3s/c(=C\c4ccc(C(C)(C)C)cc4)c(=O)n3n2)cc1. The third kappa shape index (κ3) is 5.50. The summed E-state index contributed by atoms with van der Waals surface area (Å²) < 4.78 is 7.83. The molecule has 2 aromatic heterocycles. The van der Waals surface area contributed by atoms with Gasteiger partial charge >= 0.3 is 0 Å². The van der Waals surface area contributed by atoms with Crippen LogP contribution in [0.1, 0.15) is 64.5 Å². The Morgan fingerprint density at radius 2 is 1.73 bits per heavy atom. The number of unbranched alkanes of at least 4 members (excludes halogenated alkanes) is 3. The quantitative estimate of drug-likeness (QED) is 0.320. The third-order valence-electron chi connectivity index (χ3n) is 5.64. The summed E-state index contributed by atoms with van der Waals surface area (Å²) in [4.78, 5) is 18.1. The Morgan fingerprint density at radius 1 is 1.00 bits per heavy atom. The summed E-state index contributed by atoms with van der Waals surface area (Å²) in [5.41, 5.74) is 3.09. The maximum absolute atomic E-state index is 12.9.